The zero-order valence-electron chi connectivity index (χ0n) is 8.90. The predicted molar refractivity (Wildman–Crippen MR) is 57.6 cm³/mol. The van der Waals surface area contributed by atoms with E-state index in [1.54, 1.807) is 19.2 Å². The molecule has 1 rings (SSSR count). The molecule has 1 aromatic rings. The average molecular weight is 208 g/mol. The van der Waals surface area contributed by atoms with Gasteiger partial charge in [-0.15, -0.1) is 0 Å². The fraction of sp³-hybridized carbons (Fsp3) is 0.455. The quantitative estimate of drug-likeness (QED) is 0.737. The average Bonchev–Trinajstić information content (AvgIpc) is 2.27. The highest BCUT2D eigenvalue weighted by Gasteiger charge is 2.06. The first-order valence-electron chi connectivity index (χ1n) is 5.09. The highest BCUT2D eigenvalue weighted by molar-refractivity contribution is 5.89. The molecule has 0 saturated heterocycles. The number of carbonyl (C=O) groups excluding carboxylic acids is 1. The van der Waals surface area contributed by atoms with E-state index in [-0.39, 0.29) is 5.97 Å². The van der Waals surface area contributed by atoms with Crippen LogP contribution in [0.2, 0.25) is 0 Å². The number of esters is 1. The lowest BCUT2D eigenvalue weighted by Crippen LogP contribution is -2.06. The summed E-state index contributed by atoms with van der Waals surface area (Å²) >= 11 is 0. The molecule has 0 aliphatic carbocycles. The van der Waals surface area contributed by atoms with Crippen molar-refractivity contribution in [3.8, 4) is 0 Å². The molecule has 1 aromatic heterocycles. The molecule has 0 aliphatic heterocycles. The fourth-order valence-electron chi connectivity index (χ4n) is 1.26. The van der Waals surface area contributed by atoms with Gasteiger partial charge in [0.1, 0.15) is 0 Å². The molecule has 0 spiro atoms. The van der Waals surface area contributed by atoms with Crippen LogP contribution in [0.25, 0.3) is 0 Å². The van der Waals surface area contributed by atoms with Crippen LogP contribution in [0.4, 0.5) is 0 Å². The summed E-state index contributed by atoms with van der Waals surface area (Å²) in [7, 11) is 0. The van der Waals surface area contributed by atoms with Gasteiger partial charge in [-0.25, -0.2) is 4.79 Å². The molecule has 0 atom stereocenters. The van der Waals surface area contributed by atoms with Crippen LogP contribution in [0.1, 0.15) is 29.3 Å². The number of aryl methyl sites for hydroxylation is 1. The van der Waals surface area contributed by atoms with Gasteiger partial charge in [-0.1, -0.05) is 0 Å². The summed E-state index contributed by atoms with van der Waals surface area (Å²) in [5.74, 6) is -0.320. The molecule has 2 N–H and O–H groups in total. The van der Waals surface area contributed by atoms with E-state index in [1.165, 1.54) is 6.20 Å². The van der Waals surface area contributed by atoms with Crippen molar-refractivity contribution in [2.75, 3.05) is 13.2 Å². The van der Waals surface area contributed by atoms with E-state index in [4.69, 9.17) is 10.5 Å². The van der Waals surface area contributed by atoms with E-state index in [9.17, 15) is 4.79 Å². The van der Waals surface area contributed by atoms with Crippen molar-refractivity contribution in [1.29, 1.82) is 0 Å². The number of aromatic nitrogens is 1. The lowest BCUT2D eigenvalue weighted by Gasteiger charge is -2.03. The maximum Gasteiger partial charge on any atom is 0.339 e. The van der Waals surface area contributed by atoms with Crippen molar-refractivity contribution >= 4 is 5.97 Å². The van der Waals surface area contributed by atoms with Crippen molar-refractivity contribution in [2.24, 2.45) is 5.73 Å². The lowest BCUT2D eigenvalue weighted by molar-refractivity contribution is 0.0525. The van der Waals surface area contributed by atoms with Gasteiger partial charge in [0.2, 0.25) is 0 Å². The number of ether oxygens (including phenoxy) is 1. The summed E-state index contributed by atoms with van der Waals surface area (Å²) in [4.78, 5) is 15.4. The minimum atomic E-state index is -0.320. The third-order valence-corrected chi connectivity index (χ3v) is 1.98. The molecule has 0 amide bonds. The molecule has 4 heteroatoms. The number of nitrogens with two attached hydrogens (primary N) is 1. The predicted octanol–water partition coefficient (Wildman–Crippen LogP) is 1.15. The zero-order chi connectivity index (χ0) is 11.1. The number of carbonyl (C=O) groups is 1. The molecule has 4 nitrogen and oxygen atoms in total. The molecular formula is C11H16N2O2. The minimum absolute atomic E-state index is 0.320. The van der Waals surface area contributed by atoms with Gasteiger partial charge in [0.05, 0.1) is 12.2 Å². The van der Waals surface area contributed by atoms with Crippen LogP contribution in [-0.4, -0.2) is 24.1 Å². The highest BCUT2D eigenvalue weighted by atomic mass is 16.5. The van der Waals surface area contributed by atoms with Gasteiger partial charge < -0.3 is 10.5 Å². The molecule has 0 aromatic carbocycles. The Morgan fingerprint density at radius 3 is 3.00 bits per heavy atom. The molecule has 1 heterocycles. The SMILES string of the molecule is CCOC(=O)c1cncc(CCCN)c1. The highest BCUT2D eigenvalue weighted by Crippen LogP contribution is 2.06. The second-order valence-corrected chi connectivity index (χ2v) is 3.19. The van der Waals surface area contributed by atoms with Crippen LogP contribution in [0.5, 0.6) is 0 Å². The maximum absolute atomic E-state index is 11.4. The first-order valence-corrected chi connectivity index (χ1v) is 5.09. The van der Waals surface area contributed by atoms with Gasteiger partial charge in [0.25, 0.3) is 0 Å². The van der Waals surface area contributed by atoms with Crippen molar-refractivity contribution in [2.45, 2.75) is 19.8 Å². The molecule has 0 bridgehead atoms. The maximum atomic E-state index is 11.4. The van der Waals surface area contributed by atoms with E-state index in [1.807, 2.05) is 0 Å². The van der Waals surface area contributed by atoms with Crippen molar-refractivity contribution < 1.29 is 9.53 Å². The van der Waals surface area contributed by atoms with Crippen molar-refractivity contribution in [3.63, 3.8) is 0 Å². The number of rotatable bonds is 5. The Labute approximate surface area is 89.5 Å². The largest absolute Gasteiger partial charge is 0.462 e. The molecule has 15 heavy (non-hydrogen) atoms. The third-order valence-electron chi connectivity index (χ3n) is 1.98. The molecule has 0 unspecified atom stereocenters. The number of hydrogen-bond acceptors (Lipinski definition) is 4. The van der Waals surface area contributed by atoms with Crippen LogP contribution in [0.15, 0.2) is 18.5 Å². The Morgan fingerprint density at radius 1 is 1.53 bits per heavy atom. The molecule has 0 radical (unpaired) electrons. The molecular weight excluding hydrogens is 192 g/mol. The summed E-state index contributed by atoms with van der Waals surface area (Å²) in [5.41, 5.74) is 6.94. The summed E-state index contributed by atoms with van der Waals surface area (Å²) in [6, 6.07) is 1.81. The van der Waals surface area contributed by atoms with Gasteiger partial charge >= 0.3 is 5.97 Å². The number of nitrogens with zero attached hydrogens (tertiary/aromatic N) is 1. The van der Waals surface area contributed by atoms with Crippen molar-refractivity contribution in [1.82, 2.24) is 4.98 Å². The zero-order valence-corrected chi connectivity index (χ0v) is 8.90. The van der Waals surface area contributed by atoms with Crippen LogP contribution in [0, 0.1) is 0 Å². The summed E-state index contributed by atoms with van der Waals surface area (Å²) in [6.07, 6.45) is 5.01. The Kier molecular flexibility index (Phi) is 4.77. The second-order valence-electron chi connectivity index (χ2n) is 3.19. The molecule has 82 valence electrons. The Bertz CT molecular complexity index is 326. The van der Waals surface area contributed by atoms with Crippen LogP contribution in [0.3, 0.4) is 0 Å². The first-order chi connectivity index (χ1) is 7.27. The number of pyridine rings is 1. The topological polar surface area (TPSA) is 65.2 Å². The summed E-state index contributed by atoms with van der Waals surface area (Å²) in [6.45, 7) is 2.80. The molecule has 0 saturated carbocycles. The van der Waals surface area contributed by atoms with Gasteiger partial charge in [0, 0.05) is 12.4 Å². The van der Waals surface area contributed by atoms with Gasteiger partial charge in [-0.3, -0.25) is 4.98 Å². The molecule has 0 fully saturated rings. The van der Waals surface area contributed by atoms with E-state index in [0.29, 0.717) is 18.7 Å². The van der Waals surface area contributed by atoms with Gasteiger partial charge in [0.15, 0.2) is 0 Å². The van der Waals surface area contributed by atoms with E-state index >= 15 is 0 Å². The summed E-state index contributed by atoms with van der Waals surface area (Å²) in [5, 5.41) is 0. The van der Waals surface area contributed by atoms with Crippen molar-refractivity contribution in [3.05, 3.63) is 29.6 Å². The number of hydrogen-bond donors (Lipinski definition) is 1. The van der Waals surface area contributed by atoms with E-state index in [2.05, 4.69) is 4.98 Å². The Morgan fingerprint density at radius 2 is 2.33 bits per heavy atom. The third kappa shape index (κ3) is 3.67. The van der Waals surface area contributed by atoms with Gasteiger partial charge in [-0.05, 0) is 37.9 Å². The lowest BCUT2D eigenvalue weighted by atomic mass is 10.1. The van der Waals surface area contributed by atoms with Crippen LogP contribution in [-0.2, 0) is 11.2 Å². The molecule has 0 aliphatic rings. The van der Waals surface area contributed by atoms with Crippen LogP contribution < -0.4 is 5.73 Å². The van der Waals surface area contributed by atoms with E-state index in [0.717, 1.165) is 18.4 Å². The monoisotopic (exact) mass is 208 g/mol. The Hall–Kier alpha value is -1.42. The fourth-order valence-corrected chi connectivity index (χ4v) is 1.26. The van der Waals surface area contributed by atoms with Gasteiger partial charge in [-0.2, -0.15) is 0 Å². The minimum Gasteiger partial charge on any atom is -0.462 e. The normalized spacial score (nSPS) is 10.0. The van der Waals surface area contributed by atoms with E-state index < -0.39 is 0 Å². The smallest absolute Gasteiger partial charge is 0.339 e. The Balaban J connectivity index is 2.69. The summed E-state index contributed by atoms with van der Waals surface area (Å²) < 4.78 is 4.88. The van der Waals surface area contributed by atoms with Crippen LogP contribution >= 0.6 is 0 Å². The standard InChI is InChI=1S/C11H16N2O2/c1-2-15-11(14)10-6-9(4-3-5-12)7-13-8-10/h6-8H,2-5,12H2,1H3. The second kappa shape index (κ2) is 6.14. The first kappa shape index (κ1) is 11.7.